The number of aliphatic hydroxyl groups excluding tert-OH is 1. The number of hydrogen-bond donors (Lipinski definition) is 1. The highest BCUT2D eigenvalue weighted by Gasteiger charge is 2.03. The molecule has 2 heteroatoms. The van der Waals surface area contributed by atoms with E-state index in [1.54, 1.807) is 6.07 Å². The Morgan fingerprint density at radius 3 is 2.83 bits per heavy atom. The molecule has 1 rings (SSSR count). The summed E-state index contributed by atoms with van der Waals surface area (Å²) in [6.07, 6.45) is 2.02. The topological polar surface area (TPSA) is 20.2 Å². The average molecular weight is 184 g/mol. The molecule has 0 unspecified atom stereocenters. The first kappa shape index (κ1) is 9.56. The van der Waals surface area contributed by atoms with Crippen molar-refractivity contribution in [3.8, 4) is 0 Å². The quantitative estimate of drug-likeness (QED) is 0.763. The maximum Gasteiger partial charge on any atom is 0.111 e. The second kappa shape index (κ2) is 4.48. The van der Waals surface area contributed by atoms with E-state index in [4.69, 9.17) is 16.7 Å². The van der Waals surface area contributed by atoms with Gasteiger partial charge in [0.05, 0.1) is 0 Å². The highest BCUT2D eigenvalue weighted by molar-refractivity contribution is 6.32. The lowest BCUT2D eigenvalue weighted by Crippen LogP contribution is -1.89. The van der Waals surface area contributed by atoms with Crippen LogP contribution in [0.4, 0.5) is 0 Å². The Hall–Kier alpha value is -0.530. The third-order valence-electron chi connectivity index (χ3n) is 1.77. The standard InChI is InChI=1S/C10H12ClO/c1-2-4-8-5-3-6-9(7-12)10(8)11/h3,5-7,12H,2,4H2,1H3. The van der Waals surface area contributed by atoms with E-state index in [9.17, 15) is 0 Å². The summed E-state index contributed by atoms with van der Waals surface area (Å²) in [5.74, 6) is 0. The average Bonchev–Trinajstić information content (AvgIpc) is 2.09. The van der Waals surface area contributed by atoms with E-state index in [1.165, 1.54) is 0 Å². The first-order valence-electron chi connectivity index (χ1n) is 4.04. The molecule has 0 saturated carbocycles. The van der Waals surface area contributed by atoms with Crippen molar-refractivity contribution in [3.05, 3.63) is 41.0 Å². The number of rotatable bonds is 3. The summed E-state index contributed by atoms with van der Waals surface area (Å²) in [5, 5.41) is 9.47. The maximum atomic E-state index is 8.80. The Morgan fingerprint density at radius 1 is 1.50 bits per heavy atom. The van der Waals surface area contributed by atoms with Gasteiger partial charge in [-0.25, -0.2) is 0 Å². The fourth-order valence-electron chi connectivity index (χ4n) is 1.16. The fourth-order valence-corrected chi connectivity index (χ4v) is 1.43. The molecule has 1 N–H and O–H groups in total. The van der Waals surface area contributed by atoms with Crippen LogP contribution in [0.25, 0.3) is 0 Å². The summed E-state index contributed by atoms with van der Waals surface area (Å²) in [4.78, 5) is 0. The van der Waals surface area contributed by atoms with Gasteiger partial charge in [0.2, 0.25) is 0 Å². The molecule has 65 valence electrons. The van der Waals surface area contributed by atoms with E-state index in [2.05, 4.69) is 6.92 Å². The molecule has 0 heterocycles. The van der Waals surface area contributed by atoms with Crippen LogP contribution in [0.2, 0.25) is 5.02 Å². The molecule has 0 aliphatic rings. The van der Waals surface area contributed by atoms with Crippen molar-refractivity contribution >= 4 is 11.6 Å². The van der Waals surface area contributed by atoms with Gasteiger partial charge in [-0.2, -0.15) is 0 Å². The Labute approximate surface area is 78.0 Å². The van der Waals surface area contributed by atoms with Crippen LogP contribution in [0.15, 0.2) is 18.2 Å². The van der Waals surface area contributed by atoms with E-state index in [0.717, 1.165) is 25.0 Å². The normalized spacial score (nSPS) is 10.2. The highest BCUT2D eigenvalue weighted by atomic mass is 35.5. The number of aryl methyl sites for hydroxylation is 1. The van der Waals surface area contributed by atoms with Crippen molar-refractivity contribution < 1.29 is 5.11 Å². The lowest BCUT2D eigenvalue weighted by atomic mass is 10.1. The van der Waals surface area contributed by atoms with Gasteiger partial charge in [-0.15, -0.1) is 0 Å². The monoisotopic (exact) mass is 183 g/mol. The highest BCUT2D eigenvalue weighted by Crippen LogP contribution is 2.22. The number of aliphatic hydroxyl groups is 1. The van der Waals surface area contributed by atoms with Crippen LogP contribution >= 0.6 is 11.6 Å². The Balaban J connectivity index is 2.97. The van der Waals surface area contributed by atoms with Crippen molar-refractivity contribution in [3.63, 3.8) is 0 Å². The van der Waals surface area contributed by atoms with Gasteiger partial charge in [0.1, 0.15) is 6.61 Å². The van der Waals surface area contributed by atoms with Gasteiger partial charge < -0.3 is 5.11 Å². The zero-order valence-corrected chi connectivity index (χ0v) is 7.80. The van der Waals surface area contributed by atoms with Crippen LogP contribution in [0.3, 0.4) is 0 Å². The molecule has 1 aromatic rings. The molecule has 12 heavy (non-hydrogen) atoms. The van der Waals surface area contributed by atoms with Gasteiger partial charge >= 0.3 is 0 Å². The van der Waals surface area contributed by atoms with Gasteiger partial charge in [0, 0.05) is 10.6 Å². The largest absolute Gasteiger partial charge is 0.385 e. The van der Waals surface area contributed by atoms with E-state index in [1.807, 2.05) is 12.1 Å². The molecule has 0 spiro atoms. The van der Waals surface area contributed by atoms with Gasteiger partial charge in [-0.05, 0) is 12.0 Å². The number of benzene rings is 1. The summed E-state index contributed by atoms with van der Waals surface area (Å²) in [5.41, 5.74) is 1.80. The molecule has 0 aromatic heterocycles. The first-order valence-corrected chi connectivity index (χ1v) is 4.42. The molecule has 1 radical (unpaired) electrons. The molecule has 0 aliphatic carbocycles. The minimum Gasteiger partial charge on any atom is -0.385 e. The predicted octanol–water partition coefficient (Wildman–Crippen LogP) is 3.17. The first-order chi connectivity index (χ1) is 5.79. The van der Waals surface area contributed by atoms with Crippen LogP contribution in [0.5, 0.6) is 0 Å². The lowest BCUT2D eigenvalue weighted by Gasteiger charge is -2.05. The second-order valence-electron chi connectivity index (χ2n) is 2.70. The van der Waals surface area contributed by atoms with Gasteiger partial charge in [0.25, 0.3) is 0 Å². The van der Waals surface area contributed by atoms with E-state index < -0.39 is 0 Å². The molecule has 0 fully saturated rings. The van der Waals surface area contributed by atoms with E-state index >= 15 is 0 Å². The summed E-state index contributed by atoms with van der Waals surface area (Å²) in [6.45, 7) is 3.15. The molecular weight excluding hydrogens is 172 g/mol. The van der Waals surface area contributed by atoms with Gasteiger partial charge in [0.15, 0.2) is 0 Å². The van der Waals surface area contributed by atoms with Crippen LogP contribution < -0.4 is 0 Å². The molecular formula is C10H12ClO. The molecule has 0 atom stereocenters. The van der Waals surface area contributed by atoms with Crippen molar-refractivity contribution in [1.29, 1.82) is 0 Å². The number of hydrogen-bond acceptors (Lipinski definition) is 1. The smallest absolute Gasteiger partial charge is 0.111 e. The summed E-state index contributed by atoms with van der Waals surface area (Å²) in [6, 6.07) is 5.68. The van der Waals surface area contributed by atoms with Crippen molar-refractivity contribution in [2.75, 3.05) is 0 Å². The molecule has 0 aliphatic heterocycles. The van der Waals surface area contributed by atoms with E-state index in [0.29, 0.717) is 10.6 Å². The molecule has 0 bridgehead atoms. The SMILES string of the molecule is CCCc1cccc([CH]O)c1Cl. The Morgan fingerprint density at radius 2 is 2.25 bits per heavy atom. The zero-order valence-electron chi connectivity index (χ0n) is 7.05. The lowest BCUT2D eigenvalue weighted by molar-refractivity contribution is 0.415. The third-order valence-corrected chi connectivity index (χ3v) is 2.23. The van der Waals surface area contributed by atoms with Crippen LogP contribution in [-0.4, -0.2) is 5.11 Å². The Kier molecular flexibility index (Phi) is 3.57. The summed E-state index contributed by atoms with van der Waals surface area (Å²) in [7, 11) is 0. The van der Waals surface area contributed by atoms with Crippen molar-refractivity contribution in [1.82, 2.24) is 0 Å². The predicted molar refractivity (Wildman–Crippen MR) is 50.8 cm³/mol. The van der Waals surface area contributed by atoms with Crippen LogP contribution in [-0.2, 0) is 6.42 Å². The molecule has 0 amide bonds. The van der Waals surface area contributed by atoms with E-state index in [-0.39, 0.29) is 0 Å². The van der Waals surface area contributed by atoms with Gasteiger partial charge in [-0.3, -0.25) is 0 Å². The second-order valence-corrected chi connectivity index (χ2v) is 3.08. The van der Waals surface area contributed by atoms with Crippen LogP contribution in [0, 0.1) is 6.61 Å². The minimum absolute atomic E-state index is 0.668. The number of halogens is 1. The zero-order chi connectivity index (χ0) is 8.97. The minimum atomic E-state index is 0.668. The summed E-state index contributed by atoms with van der Waals surface area (Å²) >= 11 is 6.00. The van der Waals surface area contributed by atoms with Crippen LogP contribution in [0.1, 0.15) is 24.5 Å². The Bertz CT molecular complexity index is 258. The third kappa shape index (κ3) is 1.99. The molecule has 1 nitrogen and oxygen atoms in total. The molecule has 0 saturated heterocycles. The fraction of sp³-hybridized carbons (Fsp3) is 0.300. The maximum absolute atomic E-state index is 8.80. The van der Waals surface area contributed by atoms with Crippen molar-refractivity contribution in [2.45, 2.75) is 19.8 Å². The summed E-state index contributed by atoms with van der Waals surface area (Å²) < 4.78 is 0. The van der Waals surface area contributed by atoms with Gasteiger partial charge in [-0.1, -0.05) is 43.1 Å². The van der Waals surface area contributed by atoms with Crippen molar-refractivity contribution in [2.24, 2.45) is 0 Å². The molecule has 1 aromatic carbocycles.